The summed E-state index contributed by atoms with van der Waals surface area (Å²) in [5.41, 5.74) is 0.557. The van der Waals surface area contributed by atoms with Crippen LogP contribution in [0.15, 0.2) is 28.6 Å². The Hall–Kier alpha value is -2.20. The van der Waals surface area contributed by atoms with E-state index in [-0.39, 0.29) is 12.4 Å². The number of aliphatic imine (C=N–C) groups is 1. The molecular weight excluding hydrogens is 382 g/mol. The molecule has 0 radical (unpaired) electrons. The molecule has 2 N–H and O–H groups in total. The number of halogens is 4. The van der Waals surface area contributed by atoms with Crippen molar-refractivity contribution in [1.29, 1.82) is 0 Å². The monoisotopic (exact) mass is 403 g/mol. The highest BCUT2D eigenvalue weighted by Gasteiger charge is 2.33. The molecule has 2 aromatic rings. The van der Waals surface area contributed by atoms with Gasteiger partial charge >= 0.3 is 6.18 Å². The number of benzene rings is 1. The molecule has 0 fully saturated rings. The Bertz CT molecular complexity index is 786. The maximum absolute atomic E-state index is 13.8. The van der Waals surface area contributed by atoms with Crippen LogP contribution in [0.25, 0.3) is 0 Å². The van der Waals surface area contributed by atoms with E-state index in [2.05, 4.69) is 20.6 Å². The van der Waals surface area contributed by atoms with Crippen molar-refractivity contribution in [1.82, 2.24) is 20.5 Å². The second-order valence-corrected chi connectivity index (χ2v) is 7.01. The summed E-state index contributed by atoms with van der Waals surface area (Å²) < 4.78 is 51.5. The number of alkyl halides is 3. The van der Waals surface area contributed by atoms with Gasteiger partial charge in [0.2, 0.25) is 0 Å². The highest BCUT2D eigenvalue weighted by molar-refractivity contribution is 7.09. The second-order valence-electron chi connectivity index (χ2n) is 6.07. The molecule has 148 valence electrons. The molecule has 0 unspecified atom stereocenters. The third-order valence-corrected chi connectivity index (χ3v) is 4.38. The molecule has 0 aliphatic carbocycles. The number of aromatic nitrogens is 1. The molecule has 0 saturated heterocycles. The zero-order valence-electron chi connectivity index (χ0n) is 15.2. The fraction of sp³-hybridized carbons (Fsp3) is 0.412. The predicted octanol–water partition coefficient (Wildman–Crippen LogP) is 3.23. The first-order valence-electron chi connectivity index (χ1n) is 8.07. The van der Waals surface area contributed by atoms with Gasteiger partial charge in [-0.25, -0.2) is 9.37 Å². The Morgan fingerprint density at radius 3 is 2.52 bits per heavy atom. The van der Waals surface area contributed by atoms with Gasteiger partial charge in [-0.2, -0.15) is 13.2 Å². The van der Waals surface area contributed by atoms with E-state index in [0.717, 1.165) is 22.3 Å². The average molecular weight is 403 g/mol. The smallest absolute Gasteiger partial charge is 0.352 e. The van der Waals surface area contributed by atoms with Crippen molar-refractivity contribution in [2.24, 2.45) is 4.99 Å². The number of nitrogens with zero attached hydrogens (tertiary/aromatic N) is 3. The second kappa shape index (κ2) is 9.14. The van der Waals surface area contributed by atoms with Crippen molar-refractivity contribution in [3.05, 3.63) is 51.2 Å². The molecule has 0 aliphatic heterocycles. The first kappa shape index (κ1) is 21.1. The van der Waals surface area contributed by atoms with Crippen molar-refractivity contribution in [3.63, 3.8) is 0 Å². The molecule has 0 bridgehead atoms. The molecule has 0 atom stereocenters. The lowest BCUT2D eigenvalue weighted by atomic mass is 10.1. The first-order valence-corrected chi connectivity index (χ1v) is 8.95. The number of nitrogens with one attached hydrogen (secondary N) is 2. The number of hydrogen-bond donors (Lipinski definition) is 2. The molecule has 0 spiro atoms. The summed E-state index contributed by atoms with van der Waals surface area (Å²) in [4.78, 5) is 9.46. The van der Waals surface area contributed by atoms with Gasteiger partial charge in [0.1, 0.15) is 10.8 Å². The average Bonchev–Trinajstić information content (AvgIpc) is 3.06. The minimum absolute atomic E-state index is 0.121. The van der Waals surface area contributed by atoms with E-state index in [9.17, 15) is 17.6 Å². The SMILES string of the molecule is CN=C(NCc1ccc(F)c(CN(C)C)c1)NCc1nc(C(F)(F)F)cs1. The van der Waals surface area contributed by atoms with E-state index in [1.165, 1.54) is 6.07 Å². The maximum Gasteiger partial charge on any atom is 0.434 e. The van der Waals surface area contributed by atoms with Gasteiger partial charge in [-0.3, -0.25) is 4.99 Å². The number of thiazole rings is 1. The fourth-order valence-electron chi connectivity index (χ4n) is 2.29. The van der Waals surface area contributed by atoms with Gasteiger partial charge < -0.3 is 15.5 Å². The number of guanidine groups is 1. The Balaban J connectivity index is 1.91. The lowest BCUT2D eigenvalue weighted by Crippen LogP contribution is -2.36. The standard InChI is InChI=1S/C17H21F4N5S/c1-22-16(24-8-15-25-14(10-27-15)17(19,20)21)23-7-11-4-5-13(18)12(6-11)9-26(2)3/h4-6,10H,7-9H2,1-3H3,(H2,22,23,24). The van der Waals surface area contributed by atoms with Crippen molar-refractivity contribution in [2.75, 3.05) is 21.1 Å². The summed E-state index contributed by atoms with van der Waals surface area (Å²) in [6.07, 6.45) is -4.44. The summed E-state index contributed by atoms with van der Waals surface area (Å²) in [7, 11) is 5.28. The van der Waals surface area contributed by atoms with Crippen molar-refractivity contribution >= 4 is 17.3 Å². The van der Waals surface area contributed by atoms with Crippen LogP contribution in [0.2, 0.25) is 0 Å². The molecule has 1 heterocycles. The lowest BCUT2D eigenvalue weighted by molar-refractivity contribution is -0.140. The van der Waals surface area contributed by atoms with Crippen LogP contribution in [0.1, 0.15) is 21.8 Å². The summed E-state index contributed by atoms with van der Waals surface area (Å²) in [5, 5.41) is 7.26. The van der Waals surface area contributed by atoms with Gasteiger partial charge in [0, 0.05) is 31.1 Å². The summed E-state index contributed by atoms with van der Waals surface area (Å²) >= 11 is 0.930. The van der Waals surface area contributed by atoms with Crippen LogP contribution in [0.5, 0.6) is 0 Å². The topological polar surface area (TPSA) is 52.6 Å². The van der Waals surface area contributed by atoms with E-state index < -0.39 is 11.9 Å². The Kier molecular flexibility index (Phi) is 7.14. The quantitative estimate of drug-likeness (QED) is 0.442. The molecule has 0 amide bonds. The summed E-state index contributed by atoms with van der Waals surface area (Å²) in [6.45, 7) is 1.00. The molecule has 0 aliphatic rings. The number of rotatable bonds is 6. The molecule has 1 aromatic heterocycles. The van der Waals surface area contributed by atoms with Crippen LogP contribution in [-0.2, 0) is 25.8 Å². The van der Waals surface area contributed by atoms with E-state index in [1.54, 1.807) is 19.2 Å². The largest absolute Gasteiger partial charge is 0.434 e. The molecule has 10 heteroatoms. The highest BCUT2D eigenvalue weighted by Crippen LogP contribution is 2.29. The van der Waals surface area contributed by atoms with Crippen LogP contribution >= 0.6 is 11.3 Å². The maximum atomic E-state index is 13.8. The molecule has 0 saturated carbocycles. The van der Waals surface area contributed by atoms with E-state index in [1.807, 2.05) is 19.0 Å². The van der Waals surface area contributed by atoms with Gasteiger partial charge in [0.15, 0.2) is 11.7 Å². The third kappa shape index (κ3) is 6.47. The Labute approximate surface area is 159 Å². The van der Waals surface area contributed by atoms with Crippen LogP contribution < -0.4 is 10.6 Å². The predicted molar refractivity (Wildman–Crippen MR) is 97.9 cm³/mol. The van der Waals surface area contributed by atoms with Crippen molar-refractivity contribution in [3.8, 4) is 0 Å². The van der Waals surface area contributed by atoms with Gasteiger partial charge in [0.25, 0.3) is 0 Å². The molecule has 5 nitrogen and oxygen atoms in total. The molecular formula is C17H21F4N5S. The van der Waals surface area contributed by atoms with Gasteiger partial charge in [0.05, 0.1) is 6.54 Å². The summed E-state index contributed by atoms with van der Waals surface area (Å²) in [6, 6.07) is 4.86. The van der Waals surface area contributed by atoms with Gasteiger partial charge in [-0.05, 0) is 31.8 Å². The molecule has 1 aromatic carbocycles. The van der Waals surface area contributed by atoms with E-state index in [0.29, 0.717) is 29.6 Å². The molecule has 27 heavy (non-hydrogen) atoms. The summed E-state index contributed by atoms with van der Waals surface area (Å²) in [5.74, 6) is 0.149. The van der Waals surface area contributed by atoms with Crippen LogP contribution in [0.3, 0.4) is 0 Å². The number of hydrogen-bond acceptors (Lipinski definition) is 4. The zero-order chi connectivity index (χ0) is 20.0. The van der Waals surface area contributed by atoms with Crippen LogP contribution in [0.4, 0.5) is 17.6 Å². The Morgan fingerprint density at radius 1 is 1.22 bits per heavy atom. The normalized spacial score (nSPS) is 12.5. The Morgan fingerprint density at radius 2 is 1.93 bits per heavy atom. The van der Waals surface area contributed by atoms with Crippen molar-refractivity contribution < 1.29 is 17.6 Å². The zero-order valence-corrected chi connectivity index (χ0v) is 16.0. The van der Waals surface area contributed by atoms with Crippen LogP contribution in [0, 0.1) is 5.82 Å². The minimum atomic E-state index is -4.44. The van der Waals surface area contributed by atoms with Crippen molar-refractivity contribution in [2.45, 2.75) is 25.8 Å². The first-order chi connectivity index (χ1) is 12.7. The fourth-order valence-corrected chi connectivity index (χ4v) is 3.03. The molecule has 2 rings (SSSR count). The van der Waals surface area contributed by atoms with E-state index in [4.69, 9.17) is 0 Å². The van der Waals surface area contributed by atoms with Gasteiger partial charge in [-0.1, -0.05) is 6.07 Å². The third-order valence-electron chi connectivity index (χ3n) is 3.53. The van der Waals surface area contributed by atoms with E-state index >= 15 is 0 Å². The lowest BCUT2D eigenvalue weighted by Gasteiger charge is -2.14. The highest BCUT2D eigenvalue weighted by atomic mass is 32.1. The minimum Gasteiger partial charge on any atom is -0.352 e. The van der Waals surface area contributed by atoms with Crippen LogP contribution in [-0.4, -0.2) is 37.0 Å². The van der Waals surface area contributed by atoms with Gasteiger partial charge in [-0.15, -0.1) is 11.3 Å².